The van der Waals surface area contributed by atoms with Crippen LogP contribution in [0.25, 0.3) is 0 Å². The van der Waals surface area contributed by atoms with E-state index in [1.54, 1.807) is 7.11 Å². The molecule has 0 amide bonds. The molecule has 1 saturated carbocycles. The second-order valence-electron chi connectivity index (χ2n) is 5.28. The van der Waals surface area contributed by atoms with Gasteiger partial charge in [0, 0.05) is 18.8 Å². The molecule has 1 aliphatic carbocycles. The zero-order valence-corrected chi connectivity index (χ0v) is 12.3. The van der Waals surface area contributed by atoms with Crippen LogP contribution in [-0.4, -0.2) is 29.3 Å². The van der Waals surface area contributed by atoms with Gasteiger partial charge in [-0.25, -0.2) is 4.98 Å². The van der Waals surface area contributed by atoms with E-state index in [0.717, 1.165) is 30.3 Å². The highest BCUT2D eigenvalue weighted by atomic mass is 16.5. The molecule has 0 aliphatic heterocycles. The number of rotatable bonds is 8. The lowest BCUT2D eigenvalue weighted by molar-refractivity contribution is 0.297. The number of nitrogens with zero attached hydrogens (tertiary/aromatic N) is 2. The molecule has 1 aromatic heterocycles. The minimum Gasteiger partial charge on any atom is -0.497 e. The largest absolute Gasteiger partial charge is 0.497 e. The van der Waals surface area contributed by atoms with Crippen molar-refractivity contribution in [2.24, 2.45) is 0 Å². The van der Waals surface area contributed by atoms with Crippen LogP contribution in [0.5, 0.6) is 11.5 Å². The Labute approximate surface area is 124 Å². The van der Waals surface area contributed by atoms with Gasteiger partial charge in [0.1, 0.15) is 18.1 Å². The zero-order valence-electron chi connectivity index (χ0n) is 12.3. The van der Waals surface area contributed by atoms with E-state index in [1.807, 2.05) is 30.6 Å². The highest BCUT2D eigenvalue weighted by Crippen LogP contribution is 2.19. The maximum absolute atomic E-state index is 5.71. The Hall–Kier alpha value is -2.01. The van der Waals surface area contributed by atoms with Crippen LogP contribution in [0.15, 0.2) is 36.8 Å². The second kappa shape index (κ2) is 6.63. The van der Waals surface area contributed by atoms with E-state index in [-0.39, 0.29) is 0 Å². The highest BCUT2D eigenvalue weighted by molar-refractivity contribution is 5.31. The van der Waals surface area contributed by atoms with Crippen molar-refractivity contribution in [3.8, 4) is 11.5 Å². The number of hydrogen-bond acceptors (Lipinski definition) is 4. The van der Waals surface area contributed by atoms with E-state index in [1.165, 1.54) is 12.8 Å². The molecule has 1 aromatic carbocycles. The standard InChI is InChI=1S/C16H21N3O2/c1-20-15-4-6-16(7-5-15)21-9-8-19-11-14(18-12-19)10-17-13-2-3-13/h4-7,11-13,17H,2-3,8-10H2,1H3. The van der Waals surface area contributed by atoms with Gasteiger partial charge in [0.05, 0.1) is 25.7 Å². The van der Waals surface area contributed by atoms with Gasteiger partial charge < -0.3 is 19.4 Å². The highest BCUT2D eigenvalue weighted by Gasteiger charge is 2.20. The fourth-order valence-corrected chi connectivity index (χ4v) is 2.10. The van der Waals surface area contributed by atoms with E-state index >= 15 is 0 Å². The fraction of sp³-hybridized carbons (Fsp3) is 0.438. The molecule has 3 rings (SSSR count). The van der Waals surface area contributed by atoms with Crippen molar-refractivity contribution in [1.29, 1.82) is 0 Å². The Morgan fingerprint density at radius 1 is 1.24 bits per heavy atom. The van der Waals surface area contributed by atoms with Crippen molar-refractivity contribution in [3.05, 3.63) is 42.5 Å². The molecular formula is C16H21N3O2. The van der Waals surface area contributed by atoms with Gasteiger partial charge in [-0.1, -0.05) is 0 Å². The van der Waals surface area contributed by atoms with E-state index in [0.29, 0.717) is 12.6 Å². The van der Waals surface area contributed by atoms with Gasteiger partial charge in [-0.2, -0.15) is 0 Å². The summed E-state index contributed by atoms with van der Waals surface area (Å²) < 4.78 is 12.9. The van der Waals surface area contributed by atoms with Crippen molar-refractivity contribution in [2.75, 3.05) is 13.7 Å². The summed E-state index contributed by atoms with van der Waals surface area (Å²) in [4.78, 5) is 4.39. The number of hydrogen-bond donors (Lipinski definition) is 1. The minimum atomic E-state index is 0.623. The van der Waals surface area contributed by atoms with Crippen LogP contribution in [-0.2, 0) is 13.1 Å². The zero-order chi connectivity index (χ0) is 14.5. The third kappa shape index (κ3) is 4.23. The molecule has 0 unspecified atom stereocenters. The molecule has 5 nitrogen and oxygen atoms in total. The third-order valence-corrected chi connectivity index (χ3v) is 3.51. The molecule has 1 N–H and O–H groups in total. The molecule has 0 spiro atoms. The average Bonchev–Trinajstić information content (AvgIpc) is 3.25. The maximum atomic E-state index is 5.71. The molecule has 0 bridgehead atoms. The first-order chi connectivity index (χ1) is 10.3. The van der Waals surface area contributed by atoms with E-state index in [4.69, 9.17) is 9.47 Å². The Bertz CT molecular complexity index is 561. The minimum absolute atomic E-state index is 0.623. The van der Waals surface area contributed by atoms with Crippen LogP contribution >= 0.6 is 0 Å². The summed E-state index contributed by atoms with van der Waals surface area (Å²) in [6.45, 7) is 2.28. The van der Waals surface area contributed by atoms with Gasteiger partial charge in [-0.15, -0.1) is 0 Å². The summed E-state index contributed by atoms with van der Waals surface area (Å²) in [5.74, 6) is 1.69. The van der Waals surface area contributed by atoms with Gasteiger partial charge in [0.25, 0.3) is 0 Å². The number of imidazole rings is 1. The first-order valence-corrected chi connectivity index (χ1v) is 7.34. The lowest BCUT2D eigenvalue weighted by atomic mass is 10.3. The third-order valence-electron chi connectivity index (χ3n) is 3.51. The summed E-state index contributed by atoms with van der Waals surface area (Å²) in [5, 5.41) is 3.46. The smallest absolute Gasteiger partial charge is 0.119 e. The van der Waals surface area contributed by atoms with Crippen molar-refractivity contribution in [1.82, 2.24) is 14.9 Å². The summed E-state index contributed by atoms with van der Waals surface area (Å²) in [5.41, 5.74) is 1.09. The molecule has 5 heteroatoms. The van der Waals surface area contributed by atoms with E-state index < -0.39 is 0 Å². The molecule has 0 radical (unpaired) electrons. The average molecular weight is 287 g/mol. The Morgan fingerprint density at radius 2 is 2.00 bits per heavy atom. The normalized spacial score (nSPS) is 14.1. The lowest BCUT2D eigenvalue weighted by Gasteiger charge is -2.07. The van der Waals surface area contributed by atoms with Crippen LogP contribution in [0.2, 0.25) is 0 Å². The van der Waals surface area contributed by atoms with Gasteiger partial charge in [0.15, 0.2) is 0 Å². The van der Waals surface area contributed by atoms with Gasteiger partial charge in [-0.3, -0.25) is 0 Å². The Kier molecular flexibility index (Phi) is 4.40. The summed E-state index contributed by atoms with van der Waals surface area (Å²) in [7, 11) is 1.66. The molecule has 112 valence electrons. The first-order valence-electron chi connectivity index (χ1n) is 7.34. The molecule has 1 aliphatic rings. The Morgan fingerprint density at radius 3 is 2.71 bits per heavy atom. The van der Waals surface area contributed by atoms with Crippen molar-refractivity contribution in [2.45, 2.75) is 32.0 Å². The van der Waals surface area contributed by atoms with Crippen LogP contribution in [0.4, 0.5) is 0 Å². The maximum Gasteiger partial charge on any atom is 0.119 e. The predicted octanol–water partition coefficient (Wildman–Crippen LogP) is 2.22. The monoisotopic (exact) mass is 287 g/mol. The van der Waals surface area contributed by atoms with Gasteiger partial charge >= 0.3 is 0 Å². The number of aromatic nitrogens is 2. The molecule has 1 fully saturated rings. The van der Waals surface area contributed by atoms with Crippen molar-refractivity contribution in [3.63, 3.8) is 0 Å². The summed E-state index contributed by atoms with van der Waals surface area (Å²) >= 11 is 0. The first kappa shape index (κ1) is 13.9. The lowest BCUT2D eigenvalue weighted by Crippen LogP contribution is -2.15. The summed E-state index contributed by atoms with van der Waals surface area (Å²) in [6.07, 6.45) is 6.54. The summed E-state index contributed by atoms with van der Waals surface area (Å²) in [6, 6.07) is 8.34. The van der Waals surface area contributed by atoms with Crippen molar-refractivity contribution >= 4 is 0 Å². The second-order valence-corrected chi connectivity index (χ2v) is 5.28. The number of nitrogens with one attached hydrogen (secondary N) is 1. The van der Waals surface area contributed by atoms with Crippen molar-refractivity contribution < 1.29 is 9.47 Å². The van der Waals surface area contributed by atoms with Crippen LogP contribution in [0.3, 0.4) is 0 Å². The van der Waals surface area contributed by atoms with Crippen LogP contribution in [0, 0.1) is 0 Å². The van der Waals surface area contributed by atoms with Crippen LogP contribution in [0.1, 0.15) is 18.5 Å². The topological polar surface area (TPSA) is 48.3 Å². The predicted molar refractivity (Wildman–Crippen MR) is 80.6 cm³/mol. The molecule has 2 aromatic rings. The molecular weight excluding hydrogens is 266 g/mol. The molecule has 1 heterocycles. The quantitative estimate of drug-likeness (QED) is 0.809. The van der Waals surface area contributed by atoms with E-state index in [2.05, 4.69) is 21.1 Å². The van der Waals surface area contributed by atoms with E-state index in [9.17, 15) is 0 Å². The molecule has 0 saturated heterocycles. The van der Waals surface area contributed by atoms with Crippen LogP contribution < -0.4 is 14.8 Å². The number of methoxy groups -OCH3 is 1. The molecule has 0 atom stereocenters. The van der Waals surface area contributed by atoms with Gasteiger partial charge in [-0.05, 0) is 37.1 Å². The number of ether oxygens (including phenoxy) is 2. The molecule has 21 heavy (non-hydrogen) atoms. The fourth-order valence-electron chi connectivity index (χ4n) is 2.10. The van der Waals surface area contributed by atoms with Gasteiger partial charge in [0.2, 0.25) is 0 Å². The SMILES string of the molecule is COc1ccc(OCCn2cnc(CNC3CC3)c2)cc1. The number of benzene rings is 1. The Balaban J connectivity index is 1.41.